The number of hydrazone groups is 1. The van der Waals surface area contributed by atoms with E-state index in [-0.39, 0.29) is 16.6 Å². The van der Waals surface area contributed by atoms with Gasteiger partial charge in [0.25, 0.3) is 5.91 Å². The Balaban J connectivity index is 1.53. The van der Waals surface area contributed by atoms with Gasteiger partial charge < -0.3 is 4.57 Å². The molecule has 170 valence electrons. The average molecular weight is 492 g/mol. The quantitative estimate of drug-likeness (QED) is 0.466. The second kappa shape index (κ2) is 8.38. The summed E-state index contributed by atoms with van der Waals surface area (Å²) < 4.78 is 16.2. The number of nitrogens with zero attached hydrogens (tertiary/aromatic N) is 4. The van der Waals surface area contributed by atoms with Crippen LogP contribution in [0.5, 0.6) is 0 Å². The third kappa shape index (κ3) is 3.69. The van der Waals surface area contributed by atoms with E-state index in [2.05, 4.69) is 10.1 Å². The molecular weight excluding hydrogens is 473 g/mol. The molecule has 0 saturated heterocycles. The van der Waals surface area contributed by atoms with E-state index in [4.69, 9.17) is 17.0 Å². The molecule has 2 aromatic carbocycles. The van der Waals surface area contributed by atoms with Crippen molar-refractivity contribution in [3.63, 3.8) is 0 Å². The Bertz CT molecular complexity index is 1490. The summed E-state index contributed by atoms with van der Waals surface area (Å²) in [6.07, 6.45) is 1.65. The fourth-order valence-corrected chi connectivity index (χ4v) is 5.23. The maximum Gasteiger partial charge on any atom is 0.283 e. The highest BCUT2D eigenvalue weighted by atomic mass is 35.5. The number of aromatic nitrogens is 1. The van der Waals surface area contributed by atoms with Crippen molar-refractivity contribution >= 4 is 51.4 Å². The number of amides is 1. The second-order valence-electron chi connectivity index (χ2n) is 8.02. The highest BCUT2D eigenvalue weighted by molar-refractivity contribution is 8.27. The molecule has 3 aromatic rings. The van der Waals surface area contributed by atoms with Gasteiger partial charge in [0.15, 0.2) is 5.84 Å². The van der Waals surface area contributed by atoms with Gasteiger partial charge in [-0.25, -0.2) is 4.39 Å². The first-order chi connectivity index (χ1) is 16.2. The number of rotatable bonds is 3. The molecule has 0 spiro atoms. The van der Waals surface area contributed by atoms with Gasteiger partial charge in [-0.05, 0) is 80.1 Å². The zero-order valence-electron chi connectivity index (χ0n) is 18.6. The lowest BCUT2D eigenvalue weighted by Crippen LogP contribution is -2.35. The van der Waals surface area contributed by atoms with Crippen molar-refractivity contribution < 1.29 is 9.18 Å². The lowest BCUT2D eigenvalue weighted by atomic mass is 10.1. The van der Waals surface area contributed by atoms with Gasteiger partial charge in [-0.15, -0.1) is 0 Å². The zero-order chi connectivity index (χ0) is 24.1. The number of hydrogen-bond donors (Lipinski definition) is 1. The van der Waals surface area contributed by atoms with Crippen molar-refractivity contribution in [2.75, 3.05) is 0 Å². The van der Waals surface area contributed by atoms with E-state index >= 15 is 0 Å². The molecule has 0 atom stereocenters. The standard InChI is InChI=1S/C25H19ClFN5OS/c1-13-8-9-21(19(26)10-13)31-14(2)11-16(15(31)3)12-18-22(28)32-25(29-23(18)33)34-24(30-32)17-6-4-5-7-20(17)27/h4-12,28H,1-3H3/b18-12-,28-22?. The molecule has 0 unspecified atom stereocenters. The van der Waals surface area contributed by atoms with Gasteiger partial charge in [0.2, 0.25) is 5.17 Å². The average Bonchev–Trinajstić information content (AvgIpc) is 3.32. The molecule has 1 aromatic heterocycles. The molecular formula is C25H19ClFN5OS. The molecule has 0 radical (unpaired) electrons. The third-order valence-electron chi connectivity index (χ3n) is 5.67. The number of hydrogen-bond acceptors (Lipinski definition) is 4. The van der Waals surface area contributed by atoms with Crippen LogP contribution in [0.3, 0.4) is 0 Å². The molecule has 0 fully saturated rings. The van der Waals surface area contributed by atoms with Gasteiger partial charge in [-0.1, -0.05) is 29.8 Å². The van der Waals surface area contributed by atoms with Gasteiger partial charge in [0.1, 0.15) is 10.9 Å². The van der Waals surface area contributed by atoms with Crippen molar-refractivity contribution in [3.05, 3.63) is 93.0 Å². The van der Waals surface area contributed by atoms with Crippen molar-refractivity contribution in [2.45, 2.75) is 20.8 Å². The number of thioether (sulfide) groups is 1. The molecule has 1 N–H and O–H groups in total. The molecule has 2 aliphatic heterocycles. The summed E-state index contributed by atoms with van der Waals surface area (Å²) in [6, 6.07) is 14.0. The first-order valence-corrected chi connectivity index (χ1v) is 11.6. The number of amidine groups is 2. The molecule has 0 bridgehead atoms. The van der Waals surface area contributed by atoms with Crippen LogP contribution in [0, 0.1) is 32.0 Å². The minimum Gasteiger partial charge on any atom is -0.316 e. The number of fused-ring (bicyclic) bond motifs is 1. The predicted molar refractivity (Wildman–Crippen MR) is 136 cm³/mol. The van der Waals surface area contributed by atoms with E-state index in [1.807, 2.05) is 49.6 Å². The Kier molecular flexibility index (Phi) is 5.50. The number of carbonyl (C=O) groups is 1. The maximum atomic E-state index is 14.2. The van der Waals surface area contributed by atoms with Crippen LogP contribution in [0.25, 0.3) is 11.8 Å². The Labute approximate surface area is 205 Å². The van der Waals surface area contributed by atoms with Crippen LogP contribution in [0.15, 0.2) is 64.2 Å². The predicted octanol–water partition coefficient (Wildman–Crippen LogP) is 5.86. The number of aryl methyl sites for hydroxylation is 2. The minimum absolute atomic E-state index is 0.105. The monoisotopic (exact) mass is 491 g/mol. The first-order valence-electron chi connectivity index (χ1n) is 10.4. The van der Waals surface area contributed by atoms with Crippen molar-refractivity contribution in [2.24, 2.45) is 10.1 Å². The van der Waals surface area contributed by atoms with E-state index < -0.39 is 11.7 Å². The molecule has 0 saturated carbocycles. The fourth-order valence-electron chi connectivity index (χ4n) is 3.99. The molecule has 6 nitrogen and oxygen atoms in total. The van der Waals surface area contributed by atoms with Crippen LogP contribution >= 0.6 is 23.4 Å². The number of nitrogens with one attached hydrogen (secondary N) is 1. The van der Waals surface area contributed by atoms with Crippen LogP contribution in [0.1, 0.15) is 28.1 Å². The molecule has 9 heteroatoms. The molecule has 1 amide bonds. The van der Waals surface area contributed by atoms with Crippen LogP contribution < -0.4 is 0 Å². The Morgan fingerprint density at radius 2 is 1.88 bits per heavy atom. The SMILES string of the molecule is Cc1ccc(-n2c(C)cc(/C=C3/C(=N)N4N=C(c5ccccc5F)SC4=NC3=O)c2C)c(Cl)c1. The first kappa shape index (κ1) is 22.3. The van der Waals surface area contributed by atoms with Crippen molar-refractivity contribution in [3.8, 4) is 5.69 Å². The summed E-state index contributed by atoms with van der Waals surface area (Å²) in [4.78, 5) is 16.9. The van der Waals surface area contributed by atoms with Crippen molar-refractivity contribution in [1.29, 1.82) is 5.41 Å². The summed E-state index contributed by atoms with van der Waals surface area (Å²) in [7, 11) is 0. The number of halogens is 2. The molecule has 5 rings (SSSR count). The Morgan fingerprint density at radius 3 is 2.62 bits per heavy atom. The summed E-state index contributed by atoms with van der Waals surface area (Å²) in [5.41, 5.74) is 4.89. The third-order valence-corrected chi connectivity index (χ3v) is 6.92. The van der Waals surface area contributed by atoms with Gasteiger partial charge >= 0.3 is 0 Å². The van der Waals surface area contributed by atoms with Gasteiger partial charge in [-0.3, -0.25) is 10.2 Å². The highest BCUT2D eigenvalue weighted by Gasteiger charge is 2.36. The van der Waals surface area contributed by atoms with Crippen LogP contribution in [0.4, 0.5) is 4.39 Å². The number of benzene rings is 2. The van der Waals surface area contributed by atoms with Gasteiger partial charge in [0.05, 0.1) is 16.3 Å². The topological polar surface area (TPSA) is 73.8 Å². The van der Waals surface area contributed by atoms with Gasteiger partial charge in [-0.2, -0.15) is 15.1 Å². The minimum atomic E-state index is -0.535. The summed E-state index contributed by atoms with van der Waals surface area (Å²) in [5.74, 6) is -1.07. The van der Waals surface area contributed by atoms with E-state index in [0.717, 1.165) is 40.0 Å². The van der Waals surface area contributed by atoms with E-state index in [1.54, 1.807) is 24.3 Å². The number of aliphatic imine (C=N–C) groups is 1. The summed E-state index contributed by atoms with van der Waals surface area (Å²) in [6.45, 7) is 5.87. The van der Waals surface area contributed by atoms with Crippen LogP contribution in [-0.2, 0) is 4.79 Å². The molecule has 3 heterocycles. The lowest BCUT2D eigenvalue weighted by molar-refractivity contribution is -0.114. The Morgan fingerprint density at radius 1 is 1.12 bits per heavy atom. The molecule has 0 aliphatic carbocycles. The van der Waals surface area contributed by atoms with Crippen LogP contribution in [0.2, 0.25) is 5.02 Å². The maximum absolute atomic E-state index is 14.2. The summed E-state index contributed by atoms with van der Waals surface area (Å²) >= 11 is 7.56. The second-order valence-corrected chi connectivity index (χ2v) is 9.38. The highest BCUT2D eigenvalue weighted by Crippen LogP contribution is 2.33. The largest absolute Gasteiger partial charge is 0.316 e. The van der Waals surface area contributed by atoms with Gasteiger partial charge in [0, 0.05) is 17.0 Å². The van der Waals surface area contributed by atoms with Crippen LogP contribution in [-0.4, -0.2) is 31.5 Å². The van der Waals surface area contributed by atoms with E-state index in [9.17, 15) is 9.18 Å². The smallest absolute Gasteiger partial charge is 0.283 e. The van der Waals surface area contributed by atoms with Crippen molar-refractivity contribution in [1.82, 2.24) is 9.58 Å². The number of carbonyl (C=O) groups excluding carboxylic acids is 1. The van der Waals surface area contributed by atoms with E-state index in [1.165, 1.54) is 11.1 Å². The fraction of sp³-hybridized carbons (Fsp3) is 0.120. The zero-order valence-corrected chi connectivity index (χ0v) is 20.1. The Hall–Kier alpha value is -3.49. The summed E-state index contributed by atoms with van der Waals surface area (Å²) in [5, 5.41) is 15.5. The molecule has 34 heavy (non-hydrogen) atoms. The van der Waals surface area contributed by atoms with E-state index in [0.29, 0.717) is 15.6 Å². The molecule has 2 aliphatic rings. The normalized spacial score (nSPS) is 16.7. The lowest BCUT2D eigenvalue weighted by Gasteiger charge is -2.20.